The molecular weight excluding hydrogens is 568 g/mol. The van der Waals surface area contributed by atoms with Gasteiger partial charge < -0.3 is 34.8 Å². The van der Waals surface area contributed by atoms with Crippen molar-refractivity contribution in [2.45, 2.75) is 12.4 Å². The van der Waals surface area contributed by atoms with Crippen molar-refractivity contribution in [3.05, 3.63) is 60.6 Å². The minimum atomic E-state index is -4.61. The molecule has 3 N–H and O–H groups in total. The first kappa shape index (κ1) is 33.1. The van der Waals surface area contributed by atoms with Gasteiger partial charge in [0.2, 0.25) is 5.96 Å². The molecule has 1 atom stereocenters. The van der Waals surface area contributed by atoms with Crippen LogP contribution in [0.15, 0.2) is 64.2 Å². The monoisotopic (exact) mass is 604 g/mol. The van der Waals surface area contributed by atoms with E-state index in [4.69, 9.17) is 4.74 Å². The Kier molecular flexibility index (Phi) is 10.9. The molecule has 0 saturated carbocycles. The largest absolute Gasteiger partial charge is 0.482 e. The molecule has 2 aromatic carbocycles. The number of amidine groups is 1. The van der Waals surface area contributed by atoms with E-state index in [1.807, 2.05) is 23.9 Å². The van der Waals surface area contributed by atoms with Gasteiger partial charge in [-0.2, -0.15) is 18.2 Å². The summed E-state index contributed by atoms with van der Waals surface area (Å²) in [5.74, 6) is -0.538. The van der Waals surface area contributed by atoms with Crippen LogP contribution in [0.25, 0.3) is 10.9 Å². The Balaban J connectivity index is 2.11. The maximum absolute atomic E-state index is 14.1. The molecule has 0 aliphatic rings. The number of anilines is 3. The van der Waals surface area contributed by atoms with Gasteiger partial charge in [0.25, 0.3) is 0 Å². The summed E-state index contributed by atoms with van der Waals surface area (Å²) in [7, 11) is 8.84. The number of rotatable bonds is 11. The first-order valence-corrected chi connectivity index (χ1v) is 13.1. The number of ether oxygens (including phenoxy) is 1. The van der Waals surface area contributed by atoms with Crippen molar-refractivity contribution in [3.63, 3.8) is 0 Å². The molecule has 1 heterocycles. The van der Waals surface area contributed by atoms with Crippen molar-refractivity contribution in [2.24, 2.45) is 22.0 Å². The number of hydrogen-bond donors (Lipinski definition) is 3. The third-order valence-electron chi connectivity index (χ3n) is 6.32. The van der Waals surface area contributed by atoms with E-state index in [1.54, 1.807) is 30.9 Å². The quantitative estimate of drug-likeness (QED) is 0.0963. The summed E-state index contributed by atoms with van der Waals surface area (Å²) in [6, 6.07) is 7.22. The number of benzene rings is 2. The van der Waals surface area contributed by atoms with E-state index in [-0.39, 0.29) is 23.2 Å². The minimum absolute atomic E-state index is 0.0540. The molecule has 0 fully saturated rings. The number of likely N-dealkylation sites (N-methyl/N-ethyl adjacent to an activating group) is 2. The second-order valence-corrected chi connectivity index (χ2v) is 9.90. The van der Waals surface area contributed by atoms with Gasteiger partial charge in [0, 0.05) is 63.0 Å². The number of nitrogens with one attached hydrogen (secondary N) is 2. The van der Waals surface area contributed by atoms with Crippen molar-refractivity contribution in [1.29, 1.82) is 0 Å². The lowest BCUT2D eigenvalue weighted by Gasteiger charge is -2.27. The maximum atomic E-state index is 14.1. The lowest BCUT2D eigenvalue weighted by Crippen LogP contribution is -2.30. The molecule has 0 saturated heterocycles. The molecular formula is C29H36F4N8O2. The van der Waals surface area contributed by atoms with Crippen molar-refractivity contribution in [3.8, 4) is 5.75 Å². The Morgan fingerprint density at radius 2 is 1.88 bits per heavy atom. The fourth-order valence-corrected chi connectivity index (χ4v) is 4.16. The van der Waals surface area contributed by atoms with Crippen LogP contribution in [0.5, 0.6) is 5.75 Å². The molecule has 0 bridgehead atoms. The number of alkyl halides is 3. The predicted molar refractivity (Wildman–Crippen MR) is 166 cm³/mol. The van der Waals surface area contributed by atoms with Gasteiger partial charge in [-0.15, -0.1) is 0 Å². The molecule has 0 spiro atoms. The number of aliphatic hydroxyl groups excluding tert-OH is 1. The Hall–Kier alpha value is -4.43. The summed E-state index contributed by atoms with van der Waals surface area (Å²) >= 11 is 0. The smallest absolute Gasteiger partial charge is 0.422 e. The number of halogens is 4. The number of aliphatic hydroxyl groups is 1. The van der Waals surface area contributed by atoms with Crippen molar-refractivity contribution < 1.29 is 27.4 Å². The Morgan fingerprint density at radius 3 is 2.49 bits per heavy atom. The SMILES string of the molecule is C=CC(O)Nc1cc(N/C(N=C)=N/C(=N\C)c2cn(C)c3ccc(F)cc23)c(OCC(F)(F)F)cc1N(C)CCN(C)C. The molecule has 10 nitrogen and oxygen atoms in total. The van der Waals surface area contributed by atoms with Crippen molar-refractivity contribution in [1.82, 2.24) is 9.47 Å². The van der Waals surface area contributed by atoms with Crippen LogP contribution in [0.3, 0.4) is 0 Å². The average Bonchev–Trinajstić information content (AvgIpc) is 3.27. The van der Waals surface area contributed by atoms with Gasteiger partial charge in [-0.1, -0.05) is 6.58 Å². The zero-order valence-corrected chi connectivity index (χ0v) is 24.7. The molecule has 1 aromatic heterocycles. The van der Waals surface area contributed by atoms with Gasteiger partial charge in [-0.05, 0) is 51.2 Å². The van der Waals surface area contributed by atoms with E-state index >= 15 is 0 Å². The van der Waals surface area contributed by atoms with Crippen LogP contribution in [0, 0.1) is 5.82 Å². The zero-order valence-electron chi connectivity index (χ0n) is 24.7. The van der Waals surface area contributed by atoms with Gasteiger partial charge in [0.1, 0.15) is 17.8 Å². The topological polar surface area (TPSA) is 102 Å². The van der Waals surface area contributed by atoms with Crippen LogP contribution >= 0.6 is 0 Å². The van der Waals surface area contributed by atoms with Gasteiger partial charge >= 0.3 is 6.18 Å². The lowest BCUT2D eigenvalue weighted by molar-refractivity contribution is -0.153. The van der Waals surface area contributed by atoms with Crippen LogP contribution < -0.4 is 20.3 Å². The average molecular weight is 605 g/mol. The van der Waals surface area contributed by atoms with E-state index in [2.05, 4.69) is 38.9 Å². The standard InChI is InChI=1S/C29H36F4N8O2/c1-8-26(42)36-21-14-22(25(43-17-29(31,32)33)15-24(21)40(6)12-11-39(4)5)37-28(35-3)38-27(34-2)20-16-41(7)23-10-9-18(30)13-19(20)23/h8-10,13-16,26,36,42H,1,3,11-12,17H2,2,4-7H3,(H,34,37,38). The molecule has 0 aliphatic carbocycles. The molecule has 14 heteroatoms. The maximum Gasteiger partial charge on any atom is 0.422 e. The highest BCUT2D eigenvalue weighted by molar-refractivity contribution is 6.16. The first-order valence-electron chi connectivity index (χ1n) is 13.1. The van der Waals surface area contributed by atoms with Crippen LogP contribution in [-0.4, -0.2) is 93.4 Å². The van der Waals surface area contributed by atoms with Gasteiger partial charge in [-0.3, -0.25) is 4.99 Å². The second kappa shape index (κ2) is 14.2. The minimum Gasteiger partial charge on any atom is -0.482 e. The summed E-state index contributed by atoms with van der Waals surface area (Å²) in [6.45, 7) is 6.72. The predicted octanol–water partition coefficient (Wildman–Crippen LogP) is 4.72. The zero-order chi connectivity index (χ0) is 31.9. The third-order valence-corrected chi connectivity index (χ3v) is 6.32. The summed E-state index contributed by atoms with van der Waals surface area (Å²) < 4.78 is 60.7. The molecule has 0 amide bonds. The number of aliphatic imine (C=N–C) groups is 3. The van der Waals surface area contributed by atoms with Gasteiger partial charge in [-0.25, -0.2) is 9.38 Å². The first-order chi connectivity index (χ1) is 20.3. The highest BCUT2D eigenvalue weighted by Crippen LogP contribution is 2.38. The summed E-state index contributed by atoms with van der Waals surface area (Å²) in [5.41, 5.74) is 2.13. The molecule has 1 unspecified atom stereocenters. The molecule has 0 radical (unpaired) electrons. The van der Waals surface area contributed by atoms with Gasteiger partial charge in [0.05, 0.1) is 17.1 Å². The number of hydrogen-bond acceptors (Lipinski definition) is 6. The van der Waals surface area contributed by atoms with E-state index in [0.29, 0.717) is 35.4 Å². The van der Waals surface area contributed by atoms with E-state index in [1.165, 1.54) is 37.4 Å². The number of aryl methyl sites for hydroxylation is 1. The third kappa shape index (κ3) is 8.78. The van der Waals surface area contributed by atoms with E-state index in [9.17, 15) is 22.7 Å². The van der Waals surface area contributed by atoms with Crippen LogP contribution in [-0.2, 0) is 7.05 Å². The molecule has 43 heavy (non-hydrogen) atoms. The fraction of sp³-hybridized carbons (Fsp3) is 0.345. The van der Waals surface area contributed by atoms with E-state index < -0.39 is 24.8 Å². The Bertz CT molecular complexity index is 1510. The van der Waals surface area contributed by atoms with Gasteiger partial charge in [0.15, 0.2) is 12.4 Å². The van der Waals surface area contributed by atoms with Crippen LogP contribution in [0.2, 0.25) is 0 Å². The van der Waals surface area contributed by atoms with E-state index in [0.717, 1.165) is 5.52 Å². The number of nitrogens with zero attached hydrogens (tertiary/aromatic N) is 6. The fourth-order valence-electron chi connectivity index (χ4n) is 4.16. The lowest BCUT2D eigenvalue weighted by atomic mass is 10.1. The highest BCUT2D eigenvalue weighted by Gasteiger charge is 2.29. The molecule has 3 aromatic rings. The Morgan fingerprint density at radius 1 is 1.16 bits per heavy atom. The molecule has 0 aliphatic heterocycles. The Labute approximate surface area is 247 Å². The highest BCUT2D eigenvalue weighted by atomic mass is 19.4. The number of aromatic nitrogens is 1. The van der Waals surface area contributed by atoms with Crippen molar-refractivity contribution >= 4 is 46.5 Å². The normalized spacial score (nSPS) is 13.3. The summed E-state index contributed by atoms with van der Waals surface area (Å²) in [5, 5.41) is 16.6. The second-order valence-electron chi connectivity index (χ2n) is 9.90. The van der Waals surface area contributed by atoms with Crippen molar-refractivity contribution in [2.75, 3.05) is 63.4 Å². The van der Waals surface area contributed by atoms with Crippen LogP contribution in [0.4, 0.5) is 34.6 Å². The van der Waals surface area contributed by atoms with Crippen LogP contribution in [0.1, 0.15) is 5.56 Å². The molecule has 232 valence electrons. The number of fused-ring (bicyclic) bond motifs is 1. The summed E-state index contributed by atoms with van der Waals surface area (Å²) in [6.07, 6.45) is -2.78. The molecule has 3 rings (SSSR count). The summed E-state index contributed by atoms with van der Waals surface area (Å²) in [4.78, 5) is 16.4. The number of guanidine groups is 1.